The average Bonchev–Trinajstić information content (AvgIpc) is 3.16. The molecule has 0 amide bonds. The van der Waals surface area contributed by atoms with E-state index in [1.807, 2.05) is 0 Å². The highest BCUT2D eigenvalue weighted by Crippen LogP contribution is 2.44. The van der Waals surface area contributed by atoms with Crippen molar-refractivity contribution in [2.75, 3.05) is 25.6 Å². The summed E-state index contributed by atoms with van der Waals surface area (Å²) in [4.78, 5) is 4.17. The maximum Gasteiger partial charge on any atom is 0.191 e. The molecule has 0 spiro atoms. The Balaban J connectivity index is 0.00000220. The van der Waals surface area contributed by atoms with E-state index in [9.17, 15) is 4.39 Å². The zero-order valence-electron chi connectivity index (χ0n) is 12.0. The van der Waals surface area contributed by atoms with E-state index in [4.69, 9.17) is 11.6 Å². The lowest BCUT2D eigenvalue weighted by molar-refractivity contribution is 0.608. The molecule has 1 aromatic carbocycles. The smallest absolute Gasteiger partial charge is 0.191 e. The molecule has 1 saturated carbocycles. The van der Waals surface area contributed by atoms with Crippen LogP contribution in [0.25, 0.3) is 0 Å². The number of benzene rings is 1. The van der Waals surface area contributed by atoms with Crippen molar-refractivity contribution in [3.05, 3.63) is 34.6 Å². The molecule has 0 bridgehead atoms. The summed E-state index contributed by atoms with van der Waals surface area (Å²) in [6.07, 6.45) is 2.94. The molecule has 0 radical (unpaired) electrons. The molecular formula is C14H20ClFIN3S. The fourth-order valence-corrected chi connectivity index (χ4v) is 2.79. The van der Waals surface area contributed by atoms with E-state index in [-0.39, 0.29) is 41.8 Å². The zero-order valence-corrected chi connectivity index (χ0v) is 15.9. The van der Waals surface area contributed by atoms with Gasteiger partial charge in [-0.3, -0.25) is 4.99 Å². The van der Waals surface area contributed by atoms with Gasteiger partial charge in [0.15, 0.2) is 5.96 Å². The van der Waals surface area contributed by atoms with E-state index in [0.29, 0.717) is 10.6 Å². The SMILES string of the molecule is CN=C(NCCSC)NC1CC1c1c(F)cccc1Cl.I. The maximum atomic E-state index is 13.8. The average molecular weight is 444 g/mol. The predicted molar refractivity (Wildman–Crippen MR) is 101 cm³/mol. The number of hydrogen-bond acceptors (Lipinski definition) is 2. The molecule has 21 heavy (non-hydrogen) atoms. The largest absolute Gasteiger partial charge is 0.356 e. The third kappa shape index (κ3) is 5.17. The van der Waals surface area contributed by atoms with Gasteiger partial charge in [0.1, 0.15) is 5.82 Å². The Morgan fingerprint density at radius 1 is 1.52 bits per heavy atom. The quantitative estimate of drug-likeness (QED) is 0.317. The molecule has 118 valence electrons. The van der Waals surface area contributed by atoms with Crippen molar-refractivity contribution in [1.82, 2.24) is 10.6 Å². The summed E-state index contributed by atoms with van der Waals surface area (Å²) in [6.45, 7) is 0.860. The molecule has 1 aromatic rings. The molecule has 1 aliphatic carbocycles. The molecule has 2 atom stereocenters. The van der Waals surface area contributed by atoms with Crippen molar-refractivity contribution in [1.29, 1.82) is 0 Å². The van der Waals surface area contributed by atoms with Crippen LogP contribution in [0.4, 0.5) is 4.39 Å². The number of nitrogens with one attached hydrogen (secondary N) is 2. The minimum Gasteiger partial charge on any atom is -0.356 e. The van der Waals surface area contributed by atoms with Crippen LogP contribution in [-0.4, -0.2) is 37.6 Å². The van der Waals surface area contributed by atoms with E-state index in [2.05, 4.69) is 21.9 Å². The van der Waals surface area contributed by atoms with Crippen molar-refractivity contribution in [2.24, 2.45) is 4.99 Å². The second-order valence-electron chi connectivity index (χ2n) is 4.72. The molecule has 0 aliphatic heterocycles. The van der Waals surface area contributed by atoms with Crippen LogP contribution in [0.3, 0.4) is 0 Å². The van der Waals surface area contributed by atoms with Gasteiger partial charge in [-0.1, -0.05) is 17.7 Å². The van der Waals surface area contributed by atoms with Gasteiger partial charge in [-0.05, 0) is 24.8 Å². The number of thioether (sulfide) groups is 1. The Labute approximate surface area is 151 Å². The first-order chi connectivity index (χ1) is 9.67. The monoisotopic (exact) mass is 443 g/mol. The van der Waals surface area contributed by atoms with Crippen LogP contribution in [0.2, 0.25) is 5.02 Å². The highest BCUT2D eigenvalue weighted by molar-refractivity contribution is 14.0. The number of halogens is 3. The Hall–Kier alpha value is -0.210. The van der Waals surface area contributed by atoms with Gasteiger partial charge in [0, 0.05) is 41.9 Å². The van der Waals surface area contributed by atoms with Crippen LogP contribution < -0.4 is 10.6 Å². The summed E-state index contributed by atoms with van der Waals surface area (Å²) >= 11 is 7.86. The Morgan fingerprint density at radius 2 is 2.29 bits per heavy atom. The molecular weight excluding hydrogens is 424 g/mol. The lowest BCUT2D eigenvalue weighted by Gasteiger charge is -2.12. The fourth-order valence-electron chi connectivity index (χ4n) is 2.18. The number of nitrogens with zero attached hydrogens (tertiary/aromatic N) is 1. The van der Waals surface area contributed by atoms with E-state index >= 15 is 0 Å². The highest BCUT2D eigenvalue weighted by Gasteiger charge is 2.41. The molecule has 1 aliphatic rings. The predicted octanol–water partition coefficient (Wildman–Crippen LogP) is 3.48. The maximum absolute atomic E-state index is 13.8. The van der Waals surface area contributed by atoms with E-state index in [1.54, 1.807) is 30.9 Å². The van der Waals surface area contributed by atoms with Crippen LogP contribution in [0.15, 0.2) is 23.2 Å². The van der Waals surface area contributed by atoms with Crippen molar-refractivity contribution >= 4 is 53.3 Å². The van der Waals surface area contributed by atoms with Crippen LogP contribution in [-0.2, 0) is 0 Å². The van der Waals surface area contributed by atoms with Crippen LogP contribution in [0, 0.1) is 5.82 Å². The van der Waals surface area contributed by atoms with Gasteiger partial charge in [0.25, 0.3) is 0 Å². The molecule has 2 unspecified atom stereocenters. The summed E-state index contributed by atoms with van der Waals surface area (Å²) < 4.78 is 13.8. The van der Waals surface area contributed by atoms with Gasteiger partial charge >= 0.3 is 0 Å². The van der Waals surface area contributed by atoms with Crippen LogP contribution in [0.1, 0.15) is 17.9 Å². The zero-order chi connectivity index (χ0) is 14.5. The Kier molecular flexibility index (Phi) is 8.12. The van der Waals surface area contributed by atoms with Gasteiger partial charge in [-0.15, -0.1) is 24.0 Å². The van der Waals surface area contributed by atoms with Gasteiger partial charge in [0.2, 0.25) is 0 Å². The minimum atomic E-state index is -0.225. The minimum absolute atomic E-state index is 0. The second kappa shape index (κ2) is 9.05. The van der Waals surface area contributed by atoms with Gasteiger partial charge in [-0.25, -0.2) is 4.39 Å². The van der Waals surface area contributed by atoms with Crippen LogP contribution >= 0.6 is 47.3 Å². The molecule has 1 fully saturated rings. The summed E-state index contributed by atoms with van der Waals surface area (Å²) in [7, 11) is 1.74. The molecule has 7 heteroatoms. The Bertz CT molecular complexity index is 481. The number of hydrogen-bond donors (Lipinski definition) is 2. The normalized spacial score (nSPS) is 20.7. The molecule has 0 aromatic heterocycles. The first-order valence-electron chi connectivity index (χ1n) is 6.57. The third-order valence-electron chi connectivity index (χ3n) is 3.31. The third-order valence-corrected chi connectivity index (χ3v) is 4.25. The van der Waals surface area contributed by atoms with Crippen LogP contribution in [0.5, 0.6) is 0 Å². The topological polar surface area (TPSA) is 36.4 Å². The highest BCUT2D eigenvalue weighted by atomic mass is 127. The molecule has 3 nitrogen and oxygen atoms in total. The number of rotatable bonds is 5. The van der Waals surface area contributed by atoms with Crippen molar-refractivity contribution < 1.29 is 4.39 Å². The lowest BCUT2D eigenvalue weighted by Crippen LogP contribution is -2.40. The summed E-state index contributed by atoms with van der Waals surface area (Å²) in [6, 6.07) is 5.03. The standard InChI is InChI=1S/C14H19ClFN3S.HI/c1-17-14(18-6-7-20-2)19-12-8-9(12)13-10(15)4-3-5-11(13)16;/h3-5,9,12H,6-8H2,1-2H3,(H2,17,18,19);1H. The summed E-state index contributed by atoms with van der Waals surface area (Å²) in [5, 5.41) is 7.05. The first kappa shape index (κ1) is 18.8. The van der Waals surface area contributed by atoms with Gasteiger partial charge in [-0.2, -0.15) is 11.8 Å². The van der Waals surface area contributed by atoms with E-state index in [1.165, 1.54) is 6.07 Å². The van der Waals surface area contributed by atoms with Crippen molar-refractivity contribution in [2.45, 2.75) is 18.4 Å². The van der Waals surface area contributed by atoms with E-state index < -0.39 is 0 Å². The summed E-state index contributed by atoms with van der Waals surface area (Å²) in [5.74, 6) is 1.69. The lowest BCUT2D eigenvalue weighted by atomic mass is 10.1. The molecule has 2 N–H and O–H groups in total. The van der Waals surface area contributed by atoms with E-state index in [0.717, 1.165) is 24.7 Å². The first-order valence-corrected chi connectivity index (χ1v) is 8.34. The number of aliphatic imine (C=N–C) groups is 1. The molecule has 0 saturated heterocycles. The van der Waals surface area contributed by atoms with Gasteiger partial charge in [0.05, 0.1) is 0 Å². The van der Waals surface area contributed by atoms with Crippen molar-refractivity contribution in [3.8, 4) is 0 Å². The summed E-state index contributed by atoms with van der Waals surface area (Å²) in [5.41, 5.74) is 0.617. The molecule has 2 rings (SSSR count). The molecule has 0 heterocycles. The number of guanidine groups is 1. The fraction of sp³-hybridized carbons (Fsp3) is 0.500. The van der Waals surface area contributed by atoms with Gasteiger partial charge < -0.3 is 10.6 Å². The Morgan fingerprint density at radius 3 is 2.90 bits per heavy atom. The van der Waals surface area contributed by atoms with Crippen molar-refractivity contribution in [3.63, 3.8) is 0 Å². The second-order valence-corrected chi connectivity index (χ2v) is 6.11.